The number of benzene rings is 10. The molecule has 0 saturated carbocycles. The first kappa shape index (κ1) is 33.9. The third kappa shape index (κ3) is 5.75. The minimum absolute atomic E-state index is 0.596. The lowest BCUT2D eigenvalue weighted by Crippen LogP contribution is -2.01. The molecule has 0 saturated heterocycles. The van der Waals surface area contributed by atoms with Crippen molar-refractivity contribution in [3.8, 4) is 56.4 Å². The number of hydrogen-bond acceptors (Lipinski definition) is 5. The molecule has 0 aliphatic carbocycles. The largest absolute Gasteiger partial charge is 0.253 e. The molecule has 0 N–H and O–H groups in total. The van der Waals surface area contributed by atoms with Gasteiger partial charge in [0.15, 0.2) is 17.5 Å². The first-order valence-corrected chi connectivity index (χ1v) is 20.1. The molecule has 5 nitrogen and oxygen atoms in total. The van der Waals surface area contributed by atoms with E-state index >= 15 is 0 Å². The number of hydrogen-bond donors (Lipinski definition) is 0. The van der Waals surface area contributed by atoms with Gasteiger partial charge in [-0.05, 0) is 125 Å². The summed E-state index contributed by atoms with van der Waals surface area (Å²) in [6.07, 6.45) is 3.46. The SMILES string of the molecule is c1ccc(-c2nc(-c3cc(-c4c5ccccc5cc5ccccc45)cc(-c4c5ccccc5cc5ccccc45)c3)nc(-c3ccc4cc5nccnc5cc4c3)n2)cc1. The molecule has 12 rings (SSSR count). The van der Waals surface area contributed by atoms with Crippen molar-refractivity contribution in [2.24, 2.45) is 0 Å². The summed E-state index contributed by atoms with van der Waals surface area (Å²) in [4.78, 5) is 24.9. The first-order chi connectivity index (χ1) is 29.7. The number of fused-ring (bicyclic) bond motifs is 6. The van der Waals surface area contributed by atoms with Crippen LogP contribution >= 0.6 is 0 Å². The Balaban J connectivity index is 1.17. The normalized spacial score (nSPS) is 11.7. The van der Waals surface area contributed by atoms with E-state index in [4.69, 9.17) is 15.0 Å². The Bertz CT molecular complexity index is 3430. The minimum Gasteiger partial charge on any atom is -0.253 e. The lowest BCUT2D eigenvalue weighted by atomic mass is 9.87. The highest BCUT2D eigenvalue weighted by Gasteiger charge is 2.19. The average molecular weight is 764 g/mol. The van der Waals surface area contributed by atoms with E-state index in [1.54, 1.807) is 12.4 Å². The van der Waals surface area contributed by atoms with Crippen LogP contribution < -0.4 is 0 Å². The van der Waals surface area contributed by atoms with Crippen molar-refractivity contribution >= 4 is 64.9 Å². The molecule has 60 heavy (non-hydrogen) atoms. The zero-order valence-electron chi connectivity index (χ0n) is 32.3. The highest BCUT2D eigenvalue weighted by Crippen LogP contribution is 2.43. The van der Waals surface area contributed by atoms with E-state index in [9.17, 15) is 0 Å². The molecule has 0 bridgehead atoms. The summed E-state index contributed by atoms with van der Waals surface area (Å²) in [6.45, 7) is 0. The van der Waals surface area contributed by atoms with E-state index in [2.05, 4.69) is 180 Å². The second-order valence-electron chi connectivity index (χ2n) is 15.3. The van der Waals surface area contributed by atoms with Crippen LogP contribution in [0.1, 0.15) is 0 Å². The Morgan fingerprint density at radius 1 is 0.250 bits per heavy atom. The van der Waals surface area contributed by atoms with Gasteiger partial charge in [0.05, 0.1) is 11.0 Å². The Kier molecular flexibility index (Phi) is 7.78. The maximum atomic E-state index is 5.34. The molecule has 0 spiro atoms. The highest BCUT2D eigenvalue weighted by molar-refractivity contribution is 6.16. The molecular formula is C55H33N5. The Morgan fingerprint density at radius 2 is 0.667 bits per heavy atom. The van der Waals surface area contributed by atoms with E-state index in [-0.39, 0.29) is 0 Å². The van der Waals surface area contributed by atoms with E-state index in [0.29, 0.717) is 17.5 Å². The van der Waals surface area contributed by atoms with E-state index in [1.807, 2.05) is 18.2 Å². The molecule has 0 radical (unpaired) electrons. The van der Waals surface area contributed by atoms with Crippen molar-refractivity contribution in [1.29, 1.82) is 0 Å². The molecule has 278 valence electrons. The lowest BCUT2D eigenvalue weighted by molar-refractivity contribution is 1.07. The van der Waals surface area contributed by atoms with Crippen molar-refractivity contribution in [2.75, 3.05) is 0 Å². The van der Waals surface area contributed by atoms with Gasteiger partial charge in [0, 0.05) is 29.1 Å². The van der Waals surface area contributed by atoms with Crippen LogP contribution in [0.3, 0.4) is 0 Å². The van der Waals surface area contributed by atoms with Crippen molar-refractivity contribution in [2.45, 2.75) is 0 Å². The highest BCUT2D eigenvalue weighted by atomic mass is 15.0. The molecule has 2 heterocycles. The van der Waals surface area contributed by atoms with E-state index in [1.165, 1.54) is 54.2 Å². The summed E-state index contributed by atoms with van der Waals surface area (Å²) in [5.74, 6) is 1.80. The predicted octanol–water partition coefficient (Wildman–Crippen LogP) is 13.9. The van der Waals surface area contributed by atoms with Gasteiger partial charge in [-0.2, -0.15) is 0 Å². The second-order valence-corrected chi connectivity index (χ2v) is 15.3. The first-order valence-electron chi connectivity index (χ1n) is 20.1. The molecule has 0 fully saturated rings. The third-order valence-corrected chi connectivity index (χ3v) is 11.7. The molecular weight excluding hydrogens is 731 g/mol. The molecule has 0 atom stereocenters. The standard InChI is InChI=1S/C55H33N5/c1-2-12-34(13-3-1)53-58-54(40-23-22-35-32-49-50(33-41(35)28-40)57-25-24-56-49)60-55(59-53)44-30-42(51-45-18-8-4-14-36(45)26-37-15-5-9-19-46(37)51)29-43(31-44)52-47-20-10-6-16-38(47)27-39-17-7-11-21-48(39)52/h1-33H. The van der Waals surface area contributed by atoms with Crippen molar-refractivity contribution < 1.29 is 0 Å². The smallest absolute Gasteiger partial charge is 0.164 e. The lowest BCUT2D eigenvalue weighted by Gasteiger charge is -2.18. The summed E-state index contributed by atoms with van der Waals surface area (Å²) in [5, 5.41) is 11.7. The summed E-state index contributed by atoms with van der Waals surface area (Å²) in [6, 6.07) is 66.9. The van der Waals surface area contributed by atoms with Crippen LogP contribution in [-0.4, -0.2) is 24.9 Å². The topological polar surface area (TPSA) is 64.5 Å². The molecule has 5 heteroatoms. The van der Waals surface area contributed by atoms with Gasteiger partial charge in [-0.1, -0.05) is 140 Å². The van der Waals surface area contributed by atoms with Gasteiger partial charge in [-0.25, -0.2) is 15.0 Å². The van der Waals surface area contributed by atoms with Gasteiger partial charge >= 0.3 is 0 Å². The van der Waals surface area contributed by atoms with E-state index in [0.717, 1.165) is 49.6 Å². The summed E-state index contributed by atoms with van der Waals surface area (Å²) >= 11 is 0. The van der Waals surface area contributed by atoms with Crippen LogP contribution in [0.25, 0.3) is 121 Å². The van der Waals surface area contributed by atoms with Gasteiger partial charge in [-0.3, -0.25) is 9.97 Å². The van der Waals surface area contributed by atoms with E-state index < -0.39 is 0 Å². The van der Waals surface area contributed by atoms with Crippen LogP contribution in [0.2, 0.25) is 0 Å². The van der Waals surface area contributed by atoms with Crippen molar-refractivity contribution in [1.82, 2.24) is 24.9 Å². The van der Waals surface area contributed by atoms with Crippen molar-refractivity contribution in [3.05, 3.63) is 200 Å². The fourth-order valence-electron chi connectivity index (χ4n) is 8.89. The van der Waals surface area contributed by atoms with Gasteiger partial charge in [0.1, 0.15) is 0 Å². The fraction of sp³-hybridized carbons (Fsp3) is 0. The van der Waals surface area contributed by atoms with Crippen LogP contribution in [0.15, 0.2) is 200 Å². The molecule has 0 amide bonds. The van der Waals surface area contributed by atoms with Crippen LogP contribution in [-0.2, 0) is 0 Å². The average Bonchev–Trinajstić information content (AvgIpc) is 3.31. The summed E-state index contributed by atoms with van der Waals surface area (Å²) in [5.41, 5.74) is 8.96. The summed E-state index contributed by atoms with van der Waals surface area (Å²) in [7, 11) is 0. The number of rotatable bonds is 5. The zero-order valence-corrected chi connectivity index (χ0v) is 32.3. The molecule has 12 aromatic rings. The van der Waals surface area contributed by atoms with Gasteiger partial charge in [0.2, 0.25) is 0 Å². The third-order valence-electron chi connectivity index (χ3n) is 11.7. The molecule has 10 aromatic carbocycles. The Morgan fingerprint density at radius 3 is 1.18 bits per heavy atom. The molecule has 2 aromatic heterocycles. The molecule has 0 unspecified atom stereocenters. The van der Waals surface area contributed by atoms with Gasteiger partial charge < -0.3 is 0 Å². The Hall–Kier alpha value is -8.15. The molecule has 0 aliphatic rings. The maximum Gasteiger partial charge on any atom is 0.164 e. The quantitative estimate of drug-likeness (QED) is 0.163. The monoisotopic (exact) mass is 763 g/mol. The van der Waals surface area contributed by atoms with Crippen LogP contribution in [0, 0.1) is 0 Å². The van der Waals surface area contributed by atoms with Crippen molar-refractivity contribution in [3.63, 3.8) is 0 Å². The predicted molar refractivity (Wildman–Crippen MR) is 248 cm³/mol. The van der Waals surface area contributed by atoms with Crippen LogP contribution in [0.4, 0.5) is 0 Å². The minimum atomic E-state index is 0.596. The maximum absolute atomic E-state index is 5.34. The van der Waals surface area contributed by atoms with Gasteiger partial charge in [-0.15, -0.1) is 0 Å². The Labute approximate surface area is 345 Å². The molecule has 0 aliphatic heterocycles. The fourth-order valence-corrected chi connectivity index (χ4v) is 8.89. The van der Waals surface area contributed by atoms with Gasteiger partial charge in [0.25, 0.3) is 0 Å². The zero-order chi connectivity index (χ0) is 39.6. The summed E-state index contributed by atoms with van der Waals surface area (Å²) < 4.78 is 0. The number of nitrogens with zero attached hydrogens (tertiary/aromatic N) is 5. The number of aromatic nitrogens is 5. The second kappa shape index (κ2) is 13.8. The van der Waals surface area contributed by atoms with Crippen LogP contribution in [0.5, 0.6) is 0 Å².